The van der Waals surface area contributed by atoms with Crippen molar-refractivity contribution in [1.29, 1.82) is 0 Å². The molecule has 0 aliphatic carbocycles. The van der Waals surface area contributed by atoms with E-state index in [-0.39, 0.29) is 21.1 Å². The van der Waals surface area contributed by atoms with E-state index in [0.717, 1.165) is 69.7 Å². The van der Waals surface area contributed by atoms with Crippen LogP contribution in [0.1, 0.15) is 95.2 Å². The quantitative estimate of drug-likeness (QED) is 0.115. The number of hydrogen-bond acceptors (Lipinski definition) is 3. The summed E-state index contributed by atoms with van der Waals surface area (Å²) in [4.78, 5) is 4.90. The van der Waals surface area contributed by atoms with Gasteiger partial charge in [-0.2, -0.15) is 17.2 Å². The molecule has 3 aromatic heterocycles. The van der Waals surface area contributed by atoms with Crippen LogP contribution in [-0.4, -0.2) is 19.3 Å². The molecule has 7 rings (SSSR count). The first kappa shape index (κ1) is 38.3. The number of fused-ring (bicyclic) bond motifs is 3. The van der Waals surface area contributed by atoms with E-state index in [2.05, 4.69) is 126 Å². The smallest absolute Gasteiger partial charge is 0.509 e. The monoisotopic (exact) mass is 881 g/mol. The number of aromatic nitrogens is 4. The van der Waals surface area contributed by atoms with Crippen molar-refractivity contribution in [2.24, 2.45) is 5.41 Å². The molecule has 4 aromatic carbocycles. The second kappa shape index (κ2) is 16.3. The second-order valence-corrected chi connectivity index (χ2v) is 15.5. The van der Waals surface area contributed by atoms with E-state index in [1.54, 1.807) is 0 Å². The maximum Gasteiger partial charge on any atom is 2.00 e. The zero-order valence-electron chi connectivity index (χ0n) is 32.1. The Morgan fingerprint density at radius 1 is 0.830 bits per heavy atom. The molecule has 0 bridgehead atoms. The van der Waals surface area contributed by atoms with Gasteiger partial charge in [0, 0.05) is 34.5 Å². The van der Waals surface area contributed by atoms with Crippen molar-refractivity contribution >= 4 is 21.8 Å². The number of unbranched alkanes of at least 4 members (excludes halogenated alkanes) is 1. The fourth-order valence-electron chi connectivity index (χ4n) is 7.41. The third-order valence-corrected chi connectivity index (χ3v) is 10.2. The summed E-state index contributed by atoms with van der Waals surface area (Å²) in [5.74, 6) is 2.61. The molecule has 0 saturated carbocycles. The number of rotatable bonds is 12. The average molecular weight is 882 g/mol. The first-order valence-corrected chi connectivity index (χ1v) is 18.9. The molecular formula is C47H50N4OPt. The van der Waals surface area contributed by atoms with Crippen LogP contribution in [0, 0.1) is 31.4 Å². The van der Waals surface area contributed by atoms with Gasteiger partial charge in [0.15, 0.2) is 0 Å². The molecule has 7 aromatic rings. The van der Waals surface area contributed by atoms with Crippen LogP contribution >= 0.6 is 0 Å². The number of aryl methyl sites for hydroxylation is 2. The predicted molar refractivity (Wildman–Crippen MR) is 215 cm³/mol. The molecule has 274 valence electrons. The minimum atomic E-state index is 0. The minimum absolute atomic E-state index is 0. The van der Waals surface area contributed by atoms with Gasteiger partial charge in [-0.1, -0.05) is 95.4 Å². The Hall–Kier alpha value is -4.47. The Morgan fingerprint density at radius 2 is 1.62 bits per heavy atom. The van der Waals surface area contributed by atoms with Crippen molar-refractivity contribution in [2.75, 3.05) is 0 Å². The van der Waals surface area contributed by atoms with Gasteiger partial charge in [-0.3, -0.25) is 4.68 Å². The Bertz CT molecular complexity index is 2330. The van der Waals surface area contributed by atoms with E-state index in [4.69, 9.17) is 14.8 Å². The second-order valence-electron chi connectivity index (χ2n) is 15.5. The number of nitrogens with zero attached hydrogens (tertiary/aromatic N) is 4. The normalized spacial score (nSPS) is 12.3. The molecule has 0 aliphatic rings. The number of hydrogen-bond donors (Lipinski definition) is 0. The fourth-order valence-corrected chi connectivity index (χ4v) is 7.41. The molecule has 3 heterocycles. The Morgan fingerprint density at radius 3 is 2.40 bits per heavy atom. The van der Waals surface area contributed by atoms with E-state index in [0.29, 0.717) is 22.8 Å². The summed E-state index contributed by atoms with van der Waals surface area (Å²) in [5, 5.41) is 7.25. The van der Waals surface area contributed by atoms with Gasteiger partial charge in [0.2, 0.25) is 0 Å². The third-order valence-electron chi connectivity index (χ3n) is 10.2. The van der Waals surface area contributed by atoms with Crippen LogP contribution in [0.4, 0.5) is 0 Å². The SMILES string of the molecule is CCCCc1ccnc(-n2c3[c-]c(Oc4[c-]c(-n5nc(C)c(-c6ccccc6)c5C)ccc4)ccc3c3cc(C(C)CCCC(C)(C)C)ccc32)c1.[Pt+2]. The molecule has 0 radical (unpaired) electrons. The maximum atomic E-state index is 6.52. The molecule has 0 amide bonds. The summed E-state index contributed by atoms with van der Waals surface area (Å²) >= 11 is 0. The third kappa shape index (κ3) is 8.36. The zero-order chi connectivity index (χ0) is 36.4. The molecule has 1 unspecified atom stereocenters. The molecule has 53 heavy (non-hydrogen) atoms. The zero-order valence-corrected chi connectivity index (χ0v) is 34.3. The van der Waals surface area contributed by atoms with Crippen LogP contribution in [0.2, 0.25) is 0 Å². The molecule has 0 spiro atoms. The van der Waals surface area contributed by atoms with E-state index in [1.807, 2.05) is 41.2 Å². The summed E-state index contributed by atoms with van der Waals surface area (Å²) in [7, 11) is 0. The largest absolute Gasteiger partial charge is 2.00 e. The predicted octanol–water partition coefficient (Wildman–Crippen LogP) is 12.7. The van der Waals surface area contributed by atoms with Gasteiger partial charge in [-0.15, -0.1) is 35.7 Å². The Kier molecular flexibility index (Phi) is 11.7. The molecule has 0 saturated heterocycles. The van der Waals surface area contributed by atoms with Crippen LogP contribution < -0.4 is 4.74 Å². The van der Waals surface area contributed by atoms with Crippen LogP contribution in [-0.2, 0) is 27.5 Å². The van der Waals surface area contributed by atoms with Crippen LogP contribution in [0.25, 0.3) is 44.4 Å². The Balaban J connectivity index is 0.00000481. The number of ether oxygens (including phenoxy) is 1. The molecule has 0 aliphatic heterocycles. The minimum Gasteiger partial charge on any atom is -0.509 e. The van der Waals surface area contributed by atoms with Crippen molar-refractivity contribution < 1.29 is 25.8 Å². The van der Waals surface area contributed by atoms with Crippen LogP contribution in [0.15, 0.2) is 97.2 Å². The van der Waals surface area contributed by atoms with Crippen molar-refractivity contribution in [1.82, 2.24) is 19.3 Å². The standard InChI is InChI=1S/C47H50N4O.Pt/c1-8-9-16-35-25-27-48-45(28-35)50-43-24-21-37(32(2)15-14-26-47(5,6)7)29-42(43)41-23-22-40(31-44(41)50)52-39-20-13-19-38(30-39)51-34(4)46(33(3)49-51)36-17-11-10-12-18-36;/h10-13,17-25,27-29,32H,8-9,14-16,26H2,1-7H3;/q-2;+2. The van der Waals surface area contributed by atoms with Gasteiger partial charge < -0.3 is 9.30 Å². The van der Waals surface area contributed by atoms with E-state index in [1.165, 1.54) is 35.8 Å². The van der Waals surface area contributed by atoms with Crippen molar-refractivity contribution in [3.05, 3.63) is 132 Å². The number of pyridine rings is 1. The molecule has 0 fully saturated rings. The van der Waals surface area contributed by atoms with Crippen molar-refractivity contribution in [3.8, 4) is 34.1 Å². The fraction of sp³-hybridized carbons (Fsp3) is 0.319. The van der Waals surface area contributed by atoms with E-state index < -0.39 is 0 Å². The van der Waals surface area contributed by atoms with Gasteiger partial charge in [0.25, 0.3) is 0 Å². The molecule has 6 heteroatoms. The van der Waals surface area contributed by atoms with Crippen LogP contribution in [0.3, 0.4) is 0 Å². The first-order chi connectivity index (χ1) is 25.1. The van der Waals surface area contributed by atoms with Gasteiger partial charge in [-0.25, -0.2) is 4.98 Å². The Labute approximate surface area is 329 Å². The molecule has 5 nitrogen and oxygen atoms in total. The van der Waals surface area contributed by atoms with Gasteiger partial charge in [0.05, 0.1) is 5.69 Å². The topological polar surface area (TPSA) is 44.9 Å². The summed E-state index contributed by atoms with van der Waals surface area (Å²) in [6, 6.07) is 39.0. The van der Waals surface area contributed by atoms with Crippen LogP contribution in [0.5, 0.6) is 11.5 Å². The van der Waals surface area contributed by atoms with Crippen molar-refractivity contribution in [2.45, 2.75) is 92.9 Å². The maximum absolute atomic E-state index is 6.52. The molecule has 0 N–H and O–H groups in total. The van der Waals surface area contributed by atoms with E-state index >= 15 is 0 Å². The molecule has 1 atom stereocenters. The van der Waals surface area contributed by atoms with Crippen molar-refractivity contribution in [3.63, 3.8) is 0 Å². The summed E-state index contributed by atoms with van der Waals surface area (Å²) in [5.41, 5.74) is 10.3. The summed E-state index contributed by atoms with van der Waals surface area (Å²) < 4.78 is 10.7. The van der Waals surface area contributed by atoms with Gasteiger partial charge in [-0.05, 0) is 96.8 Å². The average Bonchev–Trinajstić information content (AvgIpc) is 3.62. The van der Waals surface area contributed by atoms with Gasteiger partial charge in [0.1, 0.15) is 5.82 Å². The molecular weight excluding hydrogens is 832 g/mol. The van der Waals surface area contributed by atoms with Gasteiger partial charge >= 0.3 is 21.1 Å². The van der Waals surface area contributed by atoms with E-state index in [9.17, 15) is 0 Å². The summed E-state index contributed by atoms with van der Waals surface area (Å²) in [6.45, 7) is 15.7. The summed E-state index contributed by atoms with van der Waals surface area (Å²) in [6.07, 6.45) is 8.90. The number of benzene rings is 4. The first-order valence-electron chi connectivity index (χ1n) is 18.9.